The maximum Gasteiger partial charge on any atom is 0.357 e. The first-order valence-corrected chi connectivity index (χ1v) is 13.9. The number of carbonyl (C=O) groups is 1. The van der Waals surface area contributed by atoms with E-state index in [1.165, 1.54) is 29.6 Å². The molecule has 1 aromatic carbocycles. The van der Waals surface area contributed by atoms with Gasteiger partial charge in [-0.15, -0.1) is 0 Å². The van der Waals surface area contributed by atoms with Crippen molar-refractivity contribution in [3.8, 4) is 0 Å². The van der Waals surface area contributed by atoms with Crippen LogP contribution in [0.15, 0.2) is 72.7 Å². The lowest BCUT2D eigenvalue weighted by Crippen LogP contribution is -2.50. The van der Waals surface area contributed by atoms with Crippen molar-refractivity contribution in [2.24, 2.45) is 28.6 Å². The molecule has 190 valence electrons. The van der Waals surface area contributed by atoms with Gasteiger partial charge in [-0.3, -0.25) is 0 Å². The van der Waals surface area contributed by atoms with Crippen LogP contribution in [0, 0.1) is 28.6 Å². The largest absolute Gasteiger partial charge is 0.457 e. The molecule has 0 saturated heterocycles. The number of pyridine rings is 1. The highest BCUT2D eigenvalue weighted by Gasteiger charge is 2.57. The van der Waals surface area contributed by atoms with Crippen LogP contribution in [0.1, 0.15) is 69.3 Å². The van der Waals surface area contributed by atoms with Gasteiger partial charge in [0.1, 0.15) is 18.1 Å². The molecule has 0 radical (unpaired) electrons. The number of ether oxygens (including phenoxy) is 1. The van der Waals surface area contributed by atoms with Crippen molar-refractivity contribution >= 4 is 22.7 Å². The minimum absolute atomic E-state index is 0.0477. The molecule has 6 atom stereocenters. The normalized spacial score (nSPS) is 34.6. The monoisotopic (exact) mass is 493 g/mol. The first kappa shape index (κ1) is 22.9. The smallest absolute Gasteiger partial charge is 0.357 e. The molecule has 3 aromatic rings. The number of carbonyl (C=O) groups excluding carboxylic acids is 1. The van der Waals surface area contributed by atoms with Gasteiger partial charge in [-0.05, 0) is 86.0 Å². The van der Waals surface area contributed by atoms with Gasteiger partial charge in [-0.25, -0.2) is 14.8 Å². The summed E-state index contributed by atoms with van der Waals surface area (Å²) in [5, 5.41) is 0. The number of hydrogen-bond donors (Lipinski definition) is 0. The molecule has 0 spiro atoms. The molecule has 5 nitrogen and oxygen atoms in total. The van der Waals surface area contributed by atoms with Gasteiger partial charge < -0.3 is 9.30 Å². The van der Waals surface area contributed by atoms with E-state index in [9.17, 15) is 4.79 Å². The predicted molar refractivity (Wildman–Crippen MR) is 145 cm³/mol. The highest BCUT2D eigenvalue weighted by atomic mass is 16.5. The molecule has 5 heteroatoms. The summed E-state index contributed by atoms with van der Waals surface area (Å²) >= 11 is 0. The van der Waals surface area contributed by atoms with Gasteiger partial charge >= 0.3 is 5.97 Å². The van der Waals surface area contributed by atoms with E-state index < -0.39 is 0 Å². The number of rotatable bonds is 3. The molecule has 4 aliphatic carbocycles. The number of benzene rings is 1. The minimum Gasteiger partial charge on any atom is -0.457 e. The highest BCUT2D eigenvalue weighted by molar-refractivity contribution is 5.87. The number of nitrogens with zero attached hydrogens (tertiary/aromatic N) is 3. The van der Waals surface area contributed by atoms with Crippen LogP contribution in [0.2, 0.25) is 0 Å². The molecule has 0 unspecified atom stereocenters. The lowest BCUT2D eigenvalue weighted by Gasteiger charge is -2.57. The molecule has 0 bridgehead atoms. The van der Waals surface area contributed by atoms with Crippen molar-refractivity contribution in [1.29, 1.82) is 0 Å². The predicted octanol–water partition coefficient (Wildman–Crippen LogP) is 7.07. The number of imidazole rings is 1. The van der Waals surface area contributed by atoms with Gasteiger partial charge in [0.05, 0.1) is 11.0 Å². The van der Waals surface area contributed by atoms with Gasteiger partial charge in [-0.2, -0.15) is 0 Å². The Morgan fingerprint density at radius 3 is 2.65 bits per heavy atom. The van der Waals surface area contributed by atoms with E-state index >= 15 is 0 Å². The topological polar surface area (TPSA) is 57.0 Å². The Bertz CT molecular complexity index is 1420. The summed E-state index contributed by atoms with van der Waals surface area (Å²) < 4.78 is 8.29. The van der Waals surface area contributed by atoms with Crippen molar-refractivity contribution in [3.05, 3.63) is 78.4 Å². The summed E-state index contributed by atoms with van der Waals surface area (Å²) in [7, 11) is 0. The van der Waals surface area contributed by atoms with E-state index in [4.69, 9.17) is 9.72 Å². The van der Waals surface area contributed by atoms with Gasteiger partial charge in [0.25, 0.3) is 0 Å². The third kappa shape index (κ3) is 3.46. The molecule has 2 saturated carbocycles. The first-order chi connectivity index (χ1) is 18.0. The van der Waals surface area contributed by atoms with Crippen molar-refractivity contribution in [1.82, 2.24) is 14.5 Å². The Balaban J connectivity index is 1.11. The van der Waals surface area contributed by atoms with Crippen LogP contribution in [0.25, 0.3) is 16.7 Å². The second-order valence-electron chi connectivity index (χ2n) is 12.1. The Labute approximate surface area is 218 Å². The molecule has 2 fully saturated rings. The molecular weight excluding hydrogens is 458 g/mol. The molecule has 2 aromatic heterocycles. The third-order valence-corrected chi connectivity index (χ3v) is 10.5. The summed E-state index contributed by atoms with van der Waals surface area (Å²) in [4.78, 5) is 21.5. The maximum absolute atomic E-state index is 12.6. The number of aromatic nitrogens is 3. The summed E-state index contributed by atoms with van der Waals surface area (Å²) in [6.07, 6.45) is 16.3. The van der Waals surface area contributed by atoms with E-state index in [-0.39, 0.29) is 22.9 Å². The van der Waals surface area contributed by atoms with Gasteiger partial charge in [0.2, 0.25) is 0 Å². The van der Waals surface area contributed by atoms with Crippen LogP contribution in [0.4, 0.5) is 0 Å². The number of fused-ring (bicyclic) bond motifs is 6. The van der Waals surface area contributed by atoms with Gasteiger partial charge in [0, 0.05) is 23.7 Å². The second kappa shape index (κ2) is 8.41. The zero-order valence-corrected chi connectivity index (χ0v) is 21.8. The quantitative estimate of drug-likeness (QED) is 0.289. The van der Waals surface area contributed by atoms with Crippen molar-refractivity contribution in [3.63, 3.8) is 0 Å². The Morgan fingerprint density at radius 2 is 1.78 bits per heavy atom. The molecule has 0 amide bonds. The van der Waals surface area contributed by atoms with Crippen molar-refractivity contribution < 1.29 is 9.53 Å². The van der Waals surface area contributed by atoms with Crippen LogP contribution in [0.3, 0.4) is 0 Å². The number of allylic oxidation sites excluding steroid dienone is 3. The van der Waals surface area contributed by atoms with Crippen molar-refractivity contribution in [2.75, 3.05) is 0 Å². The van der Waals surface area contributed by atoms with Crippen LogP contribution in [-0.4, -0.2) is 26.6 Å². The van der Waals surface area contributed by atoms with Crippen LogP contribution < -0.4 is 0 Å². The average molecular weight is 494 g/mol. The van der Waals surface area contributed by atoms with Gasteiger partial charge in [0.15, 0.2) is 0 Å². The number of para-hydroxylation sites is 2. The molecule has 37 heavy (non-hydrogen) atoms. The summed E-state index contributed by atoms with van der Waals surface area (Å²) in [6.45, 7) is 5.01. The third-order valence-electron chi connectivity index (χ3n) is 10.5. The number of esters is 1. The van der Waals surface area contributed by atoms with E-state index in [2.05, 4.69) is 59.8 Å². The molecule has 7 rings (SSSR count). The molecule has 0 N–H and O–H groups in total. The summed E-state index contributed by atoms with van der Waals surface area (Å²) in [5.74, 6) is 1.76. The number of hydrogen-bond acceptors (Lipinski definition) is 4. The zero-order chi connectivity index (χ0) is 25.2. The van der Waals surface area contributed by atoms with Crippen LogP contribution in [-0.2, 0) is 4.74 Å². The van der Waals surface area contributed by atoms with Crippen LogP contribution in [0.5, 0.6) is 0 Å². The highest BCUT2D eigenvalue weighted by Crippen LogP contribution is 2.65. The first-order valence-electron chi connectivity index (χ1n) is 13.9. The van der Waals surface area contributed by atoms with E-state index in [1.54, 1.807) is 12.3 Å². The van der Waals surface area contributed by atoms with E-state index in [0.29, 0.717) is 23.4 Å². The Morgan fingerprint density at radius 1 is 0.946 bits per heavy atom. The fourth-order valence-electron chi connectivity index (χ4n) is 8.49. The zero-order valence-electron chi connectivity index (χ0n) is 21.8. The lowest BCUT2D eigenvalue weighted by atomic mass is 9.47. The van der Waals surface area contributed by atoms with E-state index in [0.717, 1.165) is 37.6 Å². The lowest BCUT2D eigenvalue weighted by molar-refractivity contribution is -0.0316. The fraction of sp³-hybridized carbons (Fsp3) is 0.469. The van der Waals surface area contributed by atoms with Gasteiger partial charge in [-0.1, -0.05) is 49.8 Å². The molecule has 2 heterocycles. The fourth-order valence-corrected chi connectivity index (χ4v) is 8.49. The molecular formula is C32H35N3O2. The molecule has 0 aliphatic heterocycles. The summed E-state index contributed by atoms with van der Waals surface area (Å²) in [6, 6.07) is 13.9. The summed E-state index contributed by atoms with van der Waals surface area (Å²) in [5.41, 5.74) is 6.06. The van der Waals surface area contributed by atoms with Crippen LogP contribution >= 0.6 is 0 Å². The molecule has 4 aliphatic rings. The Hall–Kier alpha value is -3.21. The second-order valence-corrected chi connectivity index (χ2v) is 12.1. The standard InChI is InChI=1S/C32H35N3O2/c1-31-16-14-22(37-30(36)27-8-5-6-18-33-27)19-21(31)10-11-23-24-12-13-29(32(24,2)17-15-25(23)31)35-20-34-26-7-3-4-9-28(26)35/h3-10,13,18,20,22-25H,11-12,14-17,19H2,1-2H3/t22-,23-,24-,25-,31-,32-/m0/s1. The maximum atomic E-state index is 12.6. The van der Waals surface area contributed by atoms with E-state index in [1.807, 2.05) is 18.5 Å². The Kier molecular flexibility index (Phi) is 5.21. The SMILES string of the molecule is C[C@]12CC[C@H](OC(=O)c3ccccn3)CC1=CC[C@@H]1[C@@H]2CC[C@]2(C)C(n3cnc4ccccc43)=CC[C@@H]12. The average Bonchev–Trinajstić information content (AvgIpc) is 3.49. The van der Waals surface area contributed by atoms with Crippen molar-refractivity contribution in [2.45, 2.75) is 64.9 Å². The minimum atomic E-state index is -0.298.